The first-order chi connectivity index (χ1) is 19.3. The van der Waals surface area contributed by atoms with E-state index in [-0.39, 0.29) is 4.90 Å². The number of rotatable bonds is 11. The van der Waals surface area contributed by atoms with Gasteiger partial charge in [-0.25, -0.2) is 23.1 Å². The SMILES string of the molecule is CN(C)c1nc(NC[C@H]2CC[C@H](CNS(=O)(=O)c3ccc(OCc4cnc(Cl)s4)cc3)CC2)nc2ccccc12. The molecule has 0 amide bonds. The molecule has 2 aromatic carbocycles. The summed E-state index contributed by atoms with van der Waals surface area (Å²) in [6, 6.07) is 14.5. The Bertz CT molecular complexity index is 1540. The first-order valence-electron chi connectivity index (χ1n) is 13.3. The number of nitrogens with zero attached hydrogens (tertiary/aromatic N) is 4. The van der Waals surface area contributed by atoms with Gasteiger partial charge < -0.3 is 15.0 Å². The first kappa shape index (κ1) is 28.5. The lowest BCUT2D eigenvalue weighted by atomic mass is 9.82. The van der Waals surface area contributed by atoms with E-state index in [1.54, 1.807) is 30.5 Å². The minimum atomic E-state index is -3.59. The number of fused-ring (bicyclic) bond motifs is 1. The van der Waals surface area contributed by atoms with Gasteiger partial charge in [0, 0.05) is 38.8 Å². The van der Waals surface area contributed by atoms with Crippen LogP contribution in [-0.4, -0.2) is 50.6 Å². The highest BCUT2D eigenvalue weighted by atomic mass is 35.5. The number of thiazole rings is 1. The molecule has 0 spiro atoms. The molecule has 1 fully saturated rings. The van der Waals surface area contributed by atoms with E-state index in [2.05, 4.69) is 15.0 Å². The fraction of sp³-hybridized carbons (Fsp3) is 0.393. The van der Waals surface area contributed by atoms with E-state index in [4.69, 9.17) is 26.3 Å². The molecule has 5 rings (SSSR count). The number of aromatic nitrogens is 3. The summed E-state index contributed by atoms with van der Waals surface area (Å²) < 4.78 is 34.7. The zero-order chi connectivity index (χ0) is 28.1. The highest BCUT2D eigenvalue weighted by molar-refractivity contribution is 7.89. The van der Waals surface area contributed by atoms with Crippen LogP contribution in [0.3, 0.4) is 0 Å². The minimum absolute atomic E-state index is 0.228. The quantitative estimate of drug-likeness (QED) is 0.230. The first-order valence-corrected chi connectivity index (χ1v) is 16.0. The second kappa shape index (κ2) is 12.7. The van der Waals surface area contributed by atoms with Crippen LogP contribution in [0.2, 0.25) is 4.47 Å². The molecule has 40 heavy (non-hydrogen) atoms. The van der Waals surface area contributed by atoms with Crippen molar-refractivity contribution in [3.8, 4) is 5.75 Å². The molecular weight excluding hydrogens is 568 g/mol. The van der Waals surface area contributed by atoms with Crippen molar-refractivity contribution in [2.45, 2.75) is 37.2 Å². The van der Waals surface area contributed by atoms with Gasteiger partial charge in [-0.2, -0.15) is 4.98 Å². The summed E-state index contributed by atoms with van der Waals surface area (Å²) in [7, 11) is 0.380. The van der Waals surface area contributed by atoms with Crippen LogP contribution >= 0.6 is 22.9 Å². The van der Waals surface area contributed by atoms with Crippen LogP contribution in [0.25, 0.3) is 10.9 Å². The predicted octanol–water partition coefficient (Wildman–Crippen LogP) is 5.58. The van der Waals surface area contributed by atoms with Gasteiger partial charge in [0.25, 0.3) is 0 Å². The van der Waals surface area contributed by atoms with Gasteiger partial charge in [-0.1, -0.05) is 23.7 Å². The maximum absolute atomic E-state index is 12.9. The third kappa shape index (κ3) is 7.20. The number of hydrogen-bond donors (Lipinski definition) is 2. The Morgan fingerprint density at radius 2 is 1.70 bits per heavy atom. The van der Waals surface area contributed by atoms with Crippen LogP contribution in [0, 0.1) is 11.8 Å². The number of ether oxygens (including phenoxy) is 1. The van der Waals surface area contributed by atoms with Gasteiger partial charge in [-0.3, -0.25) is 0 Å². The molecule has 2 heterocycles. The molecule has 0 saturated heterocycles. The summed E-state index contributed by atoms with van der Waals surface area (Å²) in [5, 5.41) is 4.47. The average Bonchev–Trinajstić information content (AvgIpc) is 3.39. The Labute approximate surface area is 244 Å². The number of hydrogen-bond acceptors (Lipinski definition) is 9. The van der Waals surface area contributed by atoms with E-state index in [1.807, 2.05) is 43.3 Å². The van der Waals surface area contributed by atoms with Crippen LogP contribution in [0.1, 0.15) is 30.6 Å². The van der Waals surface area contributed by atoms with E-state index in [1.165, 1.54) is 11.3 Å². The van der Waals surface area contributed by atoms with Gasteiger partial charge in [0.15, 0.2) is 4.47 Å². The summed E-state index contributed by atoms with van der Waals surface area (Å²) in [4.78, 5) is 16.5. The molecule has 2 aromatic heterocycles. The Kier molecular flexibility index (Phi) is 9.04. The lowest BCUT2D eigenvalue weighted by Gasteiger charge is -2.28. The van der Waals surface area contributed by atoms with Crippen LogP contribution < -0.4 is 19.7 Å². The number of sulfonamides is 1. The third-order valence-electron chi connectivity index (χ3n) is 7.12. The van der Waals surface area contributed by atoms with Crippen molar-refractivity contribution in [1.29, 1.82) is 0 Å². The molecule has 12 heteroatoms. The van der Waals surface area contributed by atoms with Crippen molar-refractivity contribution in [3.63, 3.8) is 0 Å². The van der Waals surface area contributed by atoms with Crippen molar-refractivity contribution in [2.75, 3.05) is 37.4 Å². The van der Waals surface area contributed by atoms with Crippen molar-refractivity contribution in [3.05, 3.63) is 64.1 Å². The molecule has 0 unspecified atom stereocenters. The van der Waals surface area contributed by atoms with E-state index >= 15 is 0 Å². The Morgan fingerprint density at radius 3 is 2.38 bits per heavy atom. The molecule has 212 valence electrons. The lowest BCUT2D eigenvalue weighted by Crippen LogP contribution is -2.32. The molecule has 4 aromatic rings. The summed E-state index contributed by atoms with van der Waals surface area (Å²) in [6.07, 6.45) is 5.68. The minimum Gasteiger partial charge on any atom is -0.488 e. The molecule has 0 aliphatic heterocycles. The summed E-state index contributed by atoms with van der Waals surface area (Å²) in [6.45, 7) is 1.57. The van der Waals surface area contributed by atoms with Crippen molar-refractivity contribution in [1.82, 2.24) is 19.7 Å². The largest absolute Gasteiger partial charge is 0.488 e. The van der Waals surface area contributed by atoms with E-state index in [0.29, 0.717) is 41.2 Å². The number of nitrogens with one attached hydrogen (secondary N) is 2. The molecule has 0 bridgehead atoms. The number of halogens is 1. The number of benzene rings is 2. The van der Waals surface area contributed by atoms with Gasteiger partial charge >= 0.3 is 0 Å². The number of anilines is 2. The normalized spacial score (nSPS) is 17.6. The Hall–Kier alpha value is -2.99. The molecule has 0 atom stereocenters. The maximum Gasteiger partial charge on any atom is 0.240 e. The van der Waals surface area contributed by atoms with Gasteiger partial charge in [-0.15, -0.1) is 11.3 Å². The Balaban J connectivity index is 1.07. The predicted molar refractivity (Wildman–Crippen MR) is 161 cm³/mol. The molecule has 1 saturated carbocycles. The standard InChI is InChI=1S/C28H33ClN6O3S2/c1-35(2)26-24-5-3-4-6-25(24)33-28(34-26)31-15-19-7-9-20(10-8-19)16-32-40(36,37)23-13-11-21(12-14-23)38-18-22-17-30-27(29)39-22/h3-6,11-14,17,19-20,32H,7-10,15-16,18H2,1-2H3,(H,31,33,34)/t19-,20-. The zero-order valence-electron chi connectivity index (χ0n) is 22.5. The molecular formula is C28H33ClN6O3S2. The van der Waals surface area contributed by atoms with Gasteiger partial charge in [0.2, 0.25) is 16.0 Å². The fourth-order valence-corrected chi connectivity index (χ4v) is 6.89. The second-order valence-corrected chi connectivity index (χ2v) is 13.7. The van der Waals surface area contributed by atoms with Crippen LogP contribution in [-0.2, 0) is 16.6 Å². The molecule has 1 aliphatic rings. The molecule has 0 radical (unpaired) electrons. The smallest absolute Gasteiger partial charge is 0.240 e. The third-order valence-corrected chi connectivity index (χ3v) is 9.65. The van der Waals surface area contributed by atoms with E-state index < -0.39 is 10.0 Å². The highest BCUT2D eigenvalue weighted by Gasteiger charge is 2.24. The molecule has 2 N–H and O–H groups in total. The fourth-order valence-electron chi connectivity index (χ4n) is 4.89. The van der Waals surface area contributed by atoms with Crippen LogP contribution in [0.4, 0.5) is 11.8 Å². The van der Waals surface area contributed by atoms with Crippen LogP contribution in [0.5, 0.6) is 5.75 Å². The average molecular weight is 601 g/mol. The monoisotopic (exact) mass is 600 g/mol. The van der Waals surface area contributed by atoms with Crippen molar-refractivity contribution < 1.29 is 13.2 Å². The summed E-state index contributed by atoms with van der Waals surface area (Å²) >= 11 is 7.19. The van der Waals surface area contributed by atoms with Gasteiger partial charge in [-0.05, 0) is 73.9 Å². The molecule has 9 nitrogen and oxygen atoms in total. The van der Waals surface area contributed by atoms with Gasteiger partial charge in [0.1, 0.15) is 18.2 Å². The van der Waals surface area contributed by atoms with E-state index in [0.717, 1.165) is 53.8 Å². The second-order valence-electron chi connectivity index (χ2n) is 10.2. The summed E-state index contributed by atoms with van der Waals surface area (Å²) in [5.74, 6) is 2.94. The zero-order valence-corrected chi connectivity index (χ0v) is 24.9. The van der Waals surface area contributed by atoms with Crippen molar-refractivity contribution >= 4 is 55.6 Å². The topological polar surface area (TPSA) is 109 Å². The molecule has 1 aliphatic carbocycles. The lowest BCUT2D eigenvalue weighted by molar-refractivity contribution is 0.284. The highest BCUT2D eigenvalue weighted by Crippen LogP contribution is 2.30. The maximum atomic E-state index is 12.9. The van der Waals surface area contributed by atoms with Crippen molar-refractivity contribution in [2.24, 2.45) is 11.8 Å². The number of para-hydroxylation sites is 1. The Morgan fingerprint density at radius 1 is 1.00 bits per heavy atom. The summed E-state index contributed by atoms with van der Waals surface area (Å²) in [5.41, 5.74) is 0.920. The van der Waals surface area contributed by atoms with Gasteiger partial charge in [0.05, 0.1) is 15.3 Å². The van der Waals surface area contributed by atoms with Crippen LogP contribution in [0.15, 0.2) is 59.6 Å². The van der Waals surface area contributed by atoms with E-state index in [9.17, 15) is 8.42 Å².